The molecule has 0 bridgehead atoms. The second kappa shape index (κ2) is 12.6. The van der Waals surface area contributed by atoms with Crippen molar-refractivity contribution < 1.29 is 19.1 Å². The maximum Gasteiger partial charge on any atom is 0.255 e. The van der Waals surface area contributed by atoms with Crippen LogP contribution in [0.1, 0.15) is 49.2 Å². The van der Waals surface area contributed by atoms with E-state index >= 15 is 0 Å². The van der Waals surface area contributed by atoms with Gasteiger partial charge in [-0.15, -0.1) is 0 Å². The number of carbonyl (C=O) groups excluding carboxylic acids is 3. The van der Waals surface area contributed by atoms with Crippen LogP contribution in [0, 0.1) is 12.8 Å². The highest BCUT2D eigenvalue weighted by Gasteiger charge is 2.23. The molecule has 0 unspecified atom stereocenters. The lowest BCUT2D eigenvalue weighted by atomic mass is 10.1. The fourth-order valence-corrected chi connectivity index (χ4v) is 3.99. The third-order valence-electron chi connectivity index (χ3n) is 6.05. The minimum atomic E-state index is -0.303. The van der Waals surface area contributed by atoms with Crippen molar-refractivity contribution in [3.8, 4) is 5.75 Å². The molecule has 0 saturated heterocycles. The number of amides is 3. The predicted octanol–water partition coefficient (Wildman–Crippen LogP) is 2.81. The molecule has 2 N–H and O–H groups in total. The number of halogens is 1. The average Bonchev–Trinajstić information content (AvgIpc) is 3.23. The van der Waals surface area contributed by atoms with Crippen LogP contribution >= 0.6 is 11.6 Å². The first-order chi connectivity index (χ1) is 16.7. The zero-order valence-corrected chi connectivity index (χ0v) is 21.3. The summed E-state index contributed by atoms with van der Waals surface area (Å²) in [4.78, 5) is 40.3. The van der Waals surface area contributed by atoms with E-state index in [-0.39, 0.29) is 49.3 Å². The van der Waals surface area contributed by atoms with E-state index in [4.69, 9.17) is 16.3 Å². The van der Waals surface area contributed by atoms with E-state index in [1.54, 1.807) is 34.0 Å². The predicted molar refractivity (Wildman–Crippen MR) is 133 cm³/mol. The Balaban J connectivity index is 1.73. The van der Waals surface area contributed by atoms with Gasteiger partial charge in [-0.25, -0.2) is 0 Å². The third kappa shape index (κ3) is 7.71. The van der Waals surface area contributed by atoms with Crippen molar-refractivity contribution >= 4 is 29.3 Å². The number of nitrogens with zero attached hydrogens (tertiary/aromatic N) is 3. The molecule has 1 aliphatic heterocycles. The summed E-state index contributed by atoms with van der Waals surface area (Å²) in [5, 5.41) is 10.6. The lowest BCUT2D eigenvalue weighted by molar-refractivity contribution is -0.136. The number of aromatic nitrogens is 2. The first-order valence-electron chi connectivity index (χ1n) is 12.0. The van der Waals surface area contributed by atoms with E-state index in [0.717, 1.165) is 5.69 Å². The zero-order chi connectivity index (χ0) is 25.4. The molecule has 1 atom stereocenters. The van der Waals surface area contributed by atoms with Gasteiger partial charge in [0.15, 0.2) is 0 Å². The molecular weight excluding hydrogens is 470 g/mol. The Bertz CT molecular complexity index is 1040. The van der Waals surface area contributed by atoms with Crippen molar-refractivity contribution in [2.24, 2.45) is 5.92 Å². The Kier molecular flexibility index (Phi) is 9.54. The Morgan fingerprint density at radius 2 is 2.06 bits per heavy atom. The van der Waals surface area contributed by atoms with Crippen LogP contribution in [-0.4, -0.2) is 64.7 Å². The fourth-order valence-electron chi connectivity index (χ4n) is 3.82. The van der Waals surface area contributed by atoms with Crippen LogP contribution in [0.3, 0.4) is 0 Å². The van der Waals surface area contributed by atoms with Gasteiger partial charge in [0, 0.05) is 43.0 Å². The monoisotopic (exact) mass is 503 g/mol. The summed E-state index contributed by atoms with van der Waals surface area (Å²) in [5.41, 5.74) is 1.33. The van der Waals surface area contributed by atoms with Crippen molar-refractivity contribution in [1.82, 2.24) is 25.3 Å². The summed E-state index contributed by atoms with van der Waals surface area (Å²) in [6.45, 7) is 7.35. The van der Waals surface area contributed by atoms with Crippen LogP contribution in [0.25, 0.3) is 0 Å². The number of benzene rings is 1. The minimum Gasteiger partial charge on any atom is -0.491 e. The number of hydrogen-bond donors (Lipinski definition) is 2. The van der Waals surface area contributed by atoms with Crippen molar-refractivity contribution in [1.29, 1.82) is 0 Å². The van der Waals surface area contributed by atoms with Crippen LogP contribution in [0.5, 0.6) is 5.75 Å². The Morgan fingerprint density at radius 3 is 2.77 bits per heavy atom. The van der Waals surface area contributed by atoms with E-state index in [1.807, 2.05) is 26.8 Å². The van der Waals surface area contributed by atoms with E-state index in [1.165, 1.54) is 0 Å². The maximum atomic E-state index is 13.0. The van der Waals surface area contributed by atoms with Crippen LogP contribution in [0.4, 0.5) is 0 Å². The van der Waals surface area contributed by atoms with Crippen molar-refractivity contribution in [2.45, 2.75) is 52.6 Å². The molecule has 0 fully saturated rings. The molecule has 9 nitrogen and oxygen atoms in total. The molecule has 0 radical (unpaired) electrons. The SMILES string of the molecule is Cc1ccnn1CCC(=O)N1CCCCNC(=O)c2cc(Cl)ccc2OC[C@@H](C(C)C)NC(=O)C1. The molecule has 0 saturated carbocycles. The molecule has 0 spiro atoms. The van der Waals surface area contributed by atoms with E-state index < -0.39 is 0 Å². The summed E-state index contributed by atoms with van der Waals surface area (Å²) < 4.78 is 7.73. The van der Waals surface area contributed by atoms with Gasteiger partial charge in [-0.1, -0.05) is 25.4 Å². The second-order valence-electron chi connectivity index (χ2n) is 9.09. The number of rotatable bonds is 4. The van der Waals surface area contributed by atoms with E-state index in [0.29, 0.717) is 48.8 Å². The van der Waals surface area contributed by atoms with Crippen molar-refractivity contribution in [3.63, 3.8) is 0 Å². The molecule has 2 aromatic rings. The molecule has 1 aromatic heterocycles. The smallest absolute Gasteiger partial charge is 0.255 e. The third-order valence-corrected chi connectivity index (χ3v) is 6.28. The van der Waals surface area contributed by atoms with Gasteiger partial charge in [-0.3, -0.25) is 19.1 Å². The van der Waals surface area contributed by atoms with Crippen LogP contribution in [-0.2, 0) is 16.1 Å². The summed E-state index contributed by atoms with van der Waals surface area (Å²) >= 11 is 6.11. The fraction of sp³-hybridized carbons (Fsp3) is 0.520. The van der Waals surface area contributed by atoms with Crippen LogP contribution in [0.15, 0.2) is 30.5 Å². The van der Waals surface area contributed by atoms with Gasteiger partial charge in [0.2, 0.25) is 11.8 Å². The molecule has 10 heteroatoms. The summed E-state index contributed by atoms with van der Waals surface area (Å²) in [7, 11) is 0. The van der Waals surface area contributed by atoms with Gasteiger partial charge in [0.25, 0.3) is 5.91 Å². The van der Waals surface area contributed by atoms with Crippen molar-refractivity contribution in [2.75, 3.05) is 26.2 Å². The Hall–Kier alpha value is -3.07. The standard InChI is InChI=1S/C25H34ClN5O4/c1-17(2)21-16-35-22-7-6-19(26)14-20(22)25(34)27-10-4-5-12-30(15-23(32)29-21)24(33)9-13-31-18(3)8-11-28-31/h6-8,11,14,17,21H,4-5,9-10,12-13,15-16H2,1-3H3,(H,27,34)(H,29,32)/t21-/m0/s1. The quantitative estimate of drug-likeness (QED) is 0.667. The molecule has 190 valence electrons. The Labute approximate surface area is 211 Å². The highest BCUT2D eigenvalue weighted by Crippen LogP contribution is 2.23. The lowest BCUT2D eigenvalue weighted by Crippen LogP contribution is -2.48. The number of aryl methyl sites for hydroxylation is 2. The highest BCUT2D eigenvalue weighted by atomic mass is 35.5. The topological polar surface area (TPSA) is 106 Å². The number of nitrogens with one attached hydrogen (secondary N) is 2. The van der Waals surface area contributed by atoms with E-state index in [2.05, 4.69) is 15.7 Å². The Morgan fingerprint density at radius 1 is 1.26 bits per heavy atom. The van der Waals surface area contributed by atoms with Crippen LogP contribution in [0.2, 0.25) is 5.02 Å². The minimum absolute atomic E-state index is 0.0291. The summed E-state index contributed by atoms with van der Waals surface area (Å²) in [6.07, 6.45) is 3.25. The number of carbonyl (C=O) groups is 3. The summed E-state index contributed by atoms with van der Waals surface area (Å²) in [6, 6.07) is 6.49. The molecular formula is C25H34ClN5O4. The number of fused-ring (bicyclic) bond motifs is 1. The normalized spacial score (nSPS) is 18.1. The van der Waals surface area contributed by atoms with Crippen molar-refractivity contribution in [3.05, 3.63) is 46.7 Å². The largest absolute Gasteiger partial charge is 0.491 e. The summed E-state index contributed by atoms with van der Waals surface area (Å²) in [5.74, 6) is -0.136. The zero-order valence-electron chi connectivity index (χ0n) is 20.6. The molecule has 0 aliphatic carbocycles. The highest BCUT2D eigenvalue weighted by molar-refractivity contribution is 6.31. The molecule has 3 amide bonds. The lowest BCUT2D eigenvalue weighted by Gasteiger charge is -2.26. The van der Waals surface area contributed by atoms with Gasteiger partial charge in [0.1, 0.15) is 12.4 Å². The molecule has 1 aromatic carbocycles. The molecule has 1 aliphatic rings. The van der Waals surface area contributed by atoms with E-state index in [9.17, 15) is 14.4 Å². The van der Waals surface area contributed by atoms with Gasteiger partial charge < -0.3 is 20.3 Å². The van der Waals surface area contributed by atoms with Gasteiger partial charge >= 0.3 is 0 Å². The molecule has 35 heavy (non-hydrogen) atoms. The number of ether oxygens (including phenoxy) is 1. The number of hydrogen-bond acceptors (Lipinski definition) is 5. The average molecular weight is 504 g/mol. The maximum absolute atomic E-state index is 13.0. The molecule has 3 rings (SSSR count). The van der Waals surface area contributed by atoms with Crippen LogP contribution < -0.4 is 15.4 Å². The van der Waals surface area contributed by atoms with Gasteiger partial charge in [-0.2, -0.15) is 5.10 Å². The van der Waals surface area contributed by atoms with Gasteiger partial charge in [-0.05, 0) is 49.9 Å². The first-order valence-corrected chi connectivity index (χ1v) is 12.4. The first kappa shape index (κ1) is 26.5. The van der Waals surface area contributed by atoms with Gasteiger partial charge in [0.05, 0.1) is 18.2 Å². The second-order valence-corrected chi connectivity index (χ2v) is 9.53. The molecule has 2 heterocycles.